The summed E-state index contributed by atoms with van der Waals surface area (Å²) < 4.78 is 28.6. The second-order valence-electron chi connectivity index (χ2n) is 5.30. The van der Waals surface area contributed by atoms with Crippen LogP contribution in [0.5, 0.6) is 5.75 Å². The topological polar surface area (TPSA) is 76.0 Å². The summed E-state index contributed by atoms with van der Waals surface area (Å²) in [6, 6.07) is 8.97. The number of hydrogen-bond acceptors (Lipinski definition) is 5. The number of nitrogens with zero attached hydrogens (tertiary/aromatic N) is 2. The normalized spacial score (nSPS) is 27.9. The molecule has 0 saturated carbocycles. The number of hydrogen-bond donors (Lipinski definition) is 0. The van der Waals surface area contributed by atoms with E-state index in [9.17, 15) is 13.2 Å². The fourth-order valence-electron chi connectivity index (χ4n) is 2.54. The van der Waals surface area contributed by atoms with Crippen molar-refractivity contribution in [1.82, 2.24) is 4.90 Å². The first kappa shape index (κ1) is 15.4. The van der Waals surface area contributed by atoms with E-state index in [-0.39, 0.29) is 35.3 Å². The van der Waals surface area contributed by atoms with Gasteiger partial charge < -0.3 is 9.64 Å². The minimum Gasteiger partial charge on any atom is -0.484 e. The minimum absolute atomic E-state index is 0.0309. The Hall–Kier alpha value is -1.54. The molecule has 3 rings (SSSR count). The van der Waals surface area contributed by atoms with Gasteiger partial charge in [-0.25, -0.2) is 8.42 Å². The highest BCUT2D eigenvalue weighted by Gasteiger charge is 2.47. The Morgan fingerprint density at radius 2 is 2.09 bits per heavy atom. The number of carbonyl (C=O) groups is 1. The number of carbonyl (C=O) groups excluding carboxylic acids is 1. The van der Waals surface area contributed by atoms with Crippen LogP contribution in [0.25, 0.3) is 0 Å². The third-order valence-electron chi connectivity index (χ3n) is 3.65. The van der Waals surface area contributed by atoms with Gasteiger partial charge in [-0.15, -0.1) is 0 Å². The van der Waals surface area contributed by atoms with Crippen molar-refractivity contribution >= 4 is 32.7 Å². The summed E-state index contributed by atoms with van der Waals surface area (Å²) in [5, 5.41) is 0.545. The zero-order valence-corrected chi connectivity index (χ0v) is 13.6. The zero-order chi connectivity index (χ0) is 15.7. The first-order valence-corrected chi connectivity index (χ1v) is 9.54. The van der Waals surface area contributed by atoms with Crippen LogP contribution in [-0.2, 0) is 14.6 Å². The Morgan fingerprint density at radius 1 is 1.36 bits per heavy atom. The van der Waals surface area contributed by atoms with Gasteiger partial charge in [-0.1, -0.05) is 30.0 Å². The van der Waals surface area contributed by atoms with Crippen molar-refractivity contribution in [3.63, 3.8) is 0 Å². The molecular weight excluding hydrogens is 324 g/mol. The van der Waals surface area contributed by atoms with Crippen molar-refractivity contribution in [1.29, 1.82) is 0 Å². The van der Waals surface area contributed by atoms with E-state index in [0.717, 1.165) is 0 Å². The number of amidine groups is 1. The Morgan fingerprint density at radius 3 is 2.77 bits per heavy atom. The molecule has 2 fully saturated rings. The molecule has 22 heavy (non-hydrogen) atoms. The van der Waals surface area contributed by atoms with Gasteiger partial charge in [-0.2, -0.15) is 4.99 Å². The van der Waals surface area contributed by atoms with Crippen molar-refractivity contribution in [3.05, 3.63) is 30.3 Å². The number of thioether (sulfide) groups is 1. The van der Waals surface area contributed by atoms with Crippen molar-refractivity contribution < 1.29 is 17.9 Å². The molecule has 2 saturated heterocycles. The number of amides is 1. The highest BCUT2D eigenvalue weighted by molar-refractivity contribution is 8.15. The molecule has 0 spiro atoms. The molecule has 8 heteroatoms. The lowest BCUT2D eigenvalue weighted by Crippen LogP contribution is -2.34. The molecule has 2 heterocycles. The van der Waals surface area contributed by atoms with Gasteiger partial charge in [0.15, 0.2) is 21.6 Å². The average molecular weight is 340 g/mol. The number of fused-ring (bicyclic) bond motifs is 1. The summed E-state index contributed by atoms with van der Waals surface area (Å²) in [6.07, 6.45) is 0. The van der Waals surface area contributed by atoms with Crippen LogP contribution in [-0.4, -0.2) is 60.8 Å². The van der Waals surface area contributed by atoms with Gasteiger partial charge in [0, 0.05) is 12.3 Å². The van der Waals surface area contributed by atoms with Crippen molar-refractivity contribution in [2.45, 2.75) is 11.3 Å². The molecule has 2 atom stereocenters. The van der Waals surface area contributed by atoms with E-state index in [1.807, 2.05) is 18.2 Å². The van der Waals surface area contributed by atoms with Crippen LogP contribution in [0.2, 0.25) is 0 Å². The summed E-state index contributed by atoms with van der Waals surface area (Å²) in [5.41, 5.74) is 0. The summed E-state index contributed by atoms with van der Waals surface area (Å²) in [5.74, 6) is 0.530. The lowest BCUT2D eigenvalue weighted by Gasteiger charge is -2.17. The molecule has 0 radical (unpaired) electrons. The maximum atomic E-state index is 11.9. The van der Waals surface area contributed by atoms with Crippen LogP contribution in [0, 0.1) is 0 Å². The van der Waals surface area contributed by atoms with E-state index in [0.29, 0.717) is 10.9 Å². The summed E-state index contributed by atoms with van der Waals surface area (Å²) >= 11 is 1.36. The monoisotopic (exact) mass is 340 g/mol. The maximum Gasteiger partial charge on any atom is 0.285 e. The molecule has 1 aromatic rings. The number of para-hydroxylation sites is 1. The Balaban J connectivity index is 1.60. The van der Waals surface area contributed by atoms with Gasteiger partial charge in [0.2, 0.25) is 0 Å². The highest BCUT2D eigenvalue weighted by atomic mass is 32.2. The van der Waals surface area contributed by atoms with Gasteiger partial charge >= 0.3 is 0 Å². The predicted molar refractivity (Wildman–Crippen MR) is 86.0 cm³/mol. The molecule has 1 amide bonds. The fraction of sp³-hybridized carbons (Fsp3) is 0.429. The third kappa shape index (κ3) is 3.27. The van der Waals surface area contributed by atoms with E-state index < -0.39 is 9.84 Å². The second kappa shape index (κ2) is 5.92. The summed E-state index contributed by atoms with van der Waals surface area (Å²) in [7, 11) is -1.18. The summed E-state index contributed by atoms with van der Waals surface area (Å²) in [6.45, 7) is -0.129. The fourth-order valence-corrected chi connectivity index (χ4v) is 6.55. The van der Waals surface area contributed by atoms with Gasteiger partial charge in [0.05, 0.1) is 17.5 Å². The molecule has 0 N–H and O–H groups in total. The standard InChI is InChI=1S/C14H16N2O4S2/c1-16-11-8-22(18,19)9-12(11)21-14(16)15-13(17)7-20-10-5-3-2-4-6-10/h2-6,11-12H,7-9H2,1H3/t11-,12+/m0/s1. The largest absolute Gasteiger partial charge is 0.484 e. The van der Waals surface area contributed by atoms with E-state index in [1.54, 1.807) is 24.1 Å². The molecule has 6 nitrogen and oxygen atoms in total. The van der Waals surface area contributed by atoms with Crippen molar-refractivity contribution in [2.24, 2.45) is 4.99 Å². The van der Waals surface area contributed by atoms with Gasteiger partial charge in [-0.3, -0.25) is 4.79 Å². The van der Waals surface area contributed by atoms with Crippen LogP contribution in [0.4, 0.5) is 0 Å². The molecule has 0 unspecified atom stereocenters. The van der Waals surface area contributed by atoms with Crippen LogP contribution >= 0.6 is 11.8 Å². The number of ether oxygens (including phenoxy) is 1. The van der Waals surface area contributed by atoms with Crippen molar-refractivity contribution in [3.8, 4) is 5.75 Å². The van der Waals surface area contributed by atoms with E-state index >= 15 is 0 Å². The maximum absolute atomic E-state index is 11.9. The number of aliphatic imine (C=N–C) groups is 1. The quantitative estimate of drug-likeness (QED) is 0.810. The first-order valence-electron chi connectivity index (χ1n) is 6.84. The van der Waals surface area contributed by atoms with E-state index in [2.05, 4.69) is 4.99 Å². The molecular formula is C14H16N2O4S2. The van der Waals surface area contributed by atoms with E-state index in [1.165, 1.54) is 11.8 Å². The molecule has 2 aliphatic heterocycles. The van der Waals surface area contributed by atoms with Crippen molar-refractivity contribution in [2.75, 3.05) is 25.2 Å². The molecule has 2 aliphatic rings. The Labute approximate surface area is 133 Å². The van der Waals surface area contributed by atoms with E-state index in [4.69, 9.17) is 4.74 Å². The lowest BCUT2D eigenvalue weighted by atomic mass is 10.2. The zero-order valence-electron chi connectivity index (χ0n) is 12.0. The van der Waals surface area contributed by atoms with Gasteiger partial charge in [0.25, 0.3) is 5.91 Å². The predicted octanol–water partition coefficient (Wildman–Crippen LogP) is 0.792. The molecule has 1 aromatic carbocycles. The first-order chi connectivity index (χ1) is 10.4. The van der Waals surface area contributed by atoms with Crippen LogP contribution in [0.3, 0.4) is 0 Å². The molecule has 118 valence electrons. The second-order valence-corrected chi connectivity index (χ2v) is 8.66. The van der Waals surface area contributed by atoms with Gasteiger partial charge in [0.1, 0.15) is 5.75 Å². The highest BCUT2D eigenvalue weighted by Crippen LogP contribution is 2.36. The Bertz CT molecular complexity index is 703. The molecule has 0 aromatic heterocycles. The van der Waals surface area contributed by atoms with Crippen LogP contribution in [0.1, 0.15) is 0 Å². The lowest BCUT2D eigenvalue weighted by molar-refractivity contribution is -0.119. The number of sulfone groups is 1. The molecule has 0 aliphatic carbocycles. The smallest absolute Gasteiger partial charge is 0.285 e. The molecule has 0 bridgehead atoms. The van der Waals surface area contributed by atoms with Crippen LogP contribution in [0.15, 0.2) is 35.3 Å². The third-order valence-corrected chi connectivity index (χ3v) is 6.95. The number of rotatable bonds is 3. The van der Waals surface area contributed by atoms with Gasteiger partial charge in [-0.05, 0) is 12.1 Å². The number of benzene rings is 1. The summed E-state index contributed by atoms with van der Waals surface area (Å²) in [4.78, 5) is 17.7. The average Bonchev–Trinajstić information content (AvgIpc) is 2.92. The minimum atomic E-state index is -2.96. The van der Waals surface area contributed by atoms with Crippen LogP contribution < -0.4 is 4.74 Å². The SMILES string of the molecule is CN1C(=NC(=O)COc2ccccc2)S[C@@H]2CS(=O)(=O)C[C@@H]21. The Kier molecular flexibility index (Phi) is 4.14.